The summed E-state index contributed by atoms with van der Waals surface area (Å²) in [5.41, 5.74) is 0.361. The van der Waals surface area contributed by atoms with Crippen LogP contribution in [0.25, 0.3) is 11.0 Å². The smallest absolute Gasteiger partial charge is 0.323 e. The lowest BCUT2D eigenvalue weighted by Gasteiger charge is -2.12. The quantitative estimate of drug-likeness (QED) is 0.617. The number of imidazole rings is 1. The highest BCUT2D eigenvalue weighted by molar-refractivity contribution is 7.89. The third kappa shape index (κ3) is 2.73. The van der Waals surface area contributed by atoms with Crippen molar-refractivity contribution < 1.29 is 18.3 Å². The number of aromatic nitrogens is 2. The predicted octanol–water partition coefficient (Wildman–Crippen LogP) is -0.00230. The van der Waals surface area contributed by atoms with E-state index in [0.29, 0.717) is 11.0 Å². The zero-order valence-electron chi connectivity index (χ0n) is 10.5. The summed E-state index contributed by atoms with van der Waals surface area (Å²) in [5, 5.41) is 8.88. The molecule has 1 heterocycles. The highest BCUT2D eigenvalue weighted by Gasteiger charge is 2.24. The molecular weight excluding hydrogens is 286 g/mol. The van der Waals surface area contributed by atoms with Crippen LogP contribution in [0.1, 0.15) is 13.3 Å². The first kappa shape index (κ1) is 14.3. The Labute approximate surface area is 113 Å². The van der Waals surface area contributed by atoms with Crippen molar-refractivity contribution in [2.24, 2.45) is 0 Å². The van der Waals surface area contributed by atoms with Crippen LogP contribution in [0.5, 0.6) is 0 Å². The highest BCUT2D eigenvalue weighted by atomic mass is 32.2. The Balaban J connectivity index is 2.40. The van der Waals surface area contributed by atoms with Gasteiger partial charge in [0.05, 0.1) is 15.9 Å². The predicted molar refractivity (Wildman–Crippen MR) is 71.0 cm³/mol. The van der Waals surface area contributed by atoms with Crippen molar-refractivity contribution in [1.82, 2.24) is 14.7 Å². The maximum Gasteiger partial charge on any atom is 0.323 e. The molecule has 0 aliphatic heterocycles. The zero-order chi connectivity index (χ0) is 14.9. The Morgan fingerprint density at radius 3 is 2.60 bits per heavy atom. The molecule has 108 valence electrons. The van der Waals surface area contributed by atoms with Crippen LogP contribution >= 0.6 is 0 Å². The van der Waals surface area contributed by atoms with Gasteiger partial charge in [-0.3, -0.25) is 4.79 Å². The van der Waals surface area contributed by atoms with Gasteiger partial charge in [0.25, 0.3) is 0 Å². The monoisotopic (exact) mass is 299 g/mol. The summed E-state index contributed by atoms with van der Waals surface area (Å²) >= 11 is 0. The fourth-order valence-electron chi connectivity index (χ4n) is 1.74. The molecule has 0 aliphatic carbocycles. The van der Waals surface area contributed by atoms with E-state index in [9.17, 15) is 18.0 Å². The van der Waals surface area contributed by atoms with Crippen molar-refractivity contribution in [3.8, 4) is 0 Å². The van der Waals surface area contributed by atoms with E-state index in [2.05, 4.69) is 14.7 Å². The number of nitrogens with one attached hydrogen (secondary N) is 3. The lowest BCUT2D eigenvalue weighted by Crippen LogP contribution is -2.40. The molecule has 8 nitrogen and oxygen atoms in total. The fraction of sp³-hybridized carbons (Fsp3) is 0.273. The molecule has 0 aliphatic rings. The maximum absolute atomic E-state index is 12.1. The molecule has 0 amide bonds. The third-order valence-corrected chi connectivity index (χ3v) is 4.27. The molecule has 20 heavy (non-hydrogen) atoms. The van der Waals surface area contributed by atoms with Gasteiger partial charge in [0.15, 0.2) is 0 Å². The van der Waals surface area contributed by atoms with Crippen molar-refractivity contribution in [1.29, 1.82) is 0 Å². The molecule has 0 spiro atoms. The minimum absolute atomic E-state index is 0.111. The number of rotatable bonds is 5. The first-order valence-corrected chi connectivity index (χ1v) is 7.29. The average Bonchev–Trinajstić information content (AvgIpc) is 2.74. The molecule has 1 unspecified atom stereocenters. The summed E-state index contributed by atoms with van der Waals surface area (Å²) < 4.78 is 26.3. The van der Waals surface area contributed by atoms with Gasteiger partial charge in [-0.2, -0.15) is 4.72 Å². The summed E-state index contributed by atoms with van der Waals surface area (Å²) in [7, 11) is -3.97. The van der Waals surface area contributed by atoms with Gasteiger partial charge in [0, 0.05) is 0 Å². The first-order valence-electron chi connectivity index (χ1n) is 5.80. The topological polar surface area (TPSA) is 132 Å². The van der Waals surface area contributed by atoms with E-state index in [-0.39, 0.29) is 11.3 Å². The Morgan fingerprint density at radius 1 is 1.35 bits per heavy atom. The van der Waals surface area contributed by atoms with E-state index in [1.807, 2.05) is 0 Å². The Bertz CT molecular complexity index is 805. The highest BCUT2D eigenvalue weighted by Crippen LogP contribution is 2.15. The van der Waals surface area contributed by atoms with Gasteiger partial charge in [-0.25, -0.2) is 13.2 Å². The summed E-state index contributed by atoms with van der Waals surface area (Å²) in [6.45, 7) is 1.56. The Morgan fingerprint density at radius 2 is 2.00 bits per heavy atom. The summed E-state index contributed by atoms with van der Waals surface area (Å²) in [4.78, 5) is 26.8. The molecule has 4 N–H and O–H groups in total. The number of carboxylic acids is 1. The van der Waals surface area contributed by atoms with Crippen LogP contribution in [0.3, 0.4) is 0 Å². The summed E-state index contributed by atoms with van der Waals surface area (Å²) in [6.07, 6.45) is 0.123. The van der Waals surface area contributed by atoms with Crippen molar-refractivity contribution in [2.75, 3.05) is 0 Å². The molecule has 9 heteroatoms. The largest absolute Gasteiger partial charge is 0.480 e. The van der Waals surface area contributed by atoms with Gasteiger partial charge in [-0.15, -0.1) is 0 Å². The van der Waals surface area contributed by atoms with Crippen LogP contribution in [-0.4, -0.2) is 35.5 Å². The minimum atomic E-state index is -3.97. The van der Waals surface area contributed by atoms with E-state index < -0.39 is 27.7 Å². The zero-order valence-corrected chi connectivity index (χ0v) is 11.3. The molecule has 1 aromatic carbocycles. The molecule has 0 radical (unpaired) electrons. The van der Waals surface area contributed by atoms with E-state index in [0.717, 1.165) is 0 Å². The number of H-pyrrole nitrogens is 2. The van der Waals surface area contributed by atoms with Crippen molar-refractivity contribution in [2.45, 2.75) is 24.3 Å². The van der Waals surface area contributed by atoms with Gasteiger partial charge in [0.2, 0.25) is 10.0 Å². The number of benzene rings is 1. The van der Waals surface area contributed by atoms with E-state index >= 15 is 0 Å². The molecule has 1 aromatic heterocycles. The van der Waals surface area contributed by atoms with Crippen LogP contribution in [0, 0.1) is 0 Å². The van der Waals surface area contributed by atoms with Crippen LogP contribution in [0.2, 0.25) is 0 Å². The SMILES string of the molecule is CCC(NS(=O)(=O)c1ccc2[nH]c(=O)[nH]c2c1)C(=O)O. The molecule has 0 saturated carbocycles. The van der Waals surface area contributed by atoms with Gasteiger partial charge < -0.3 is 15.1 Å². The number of carbonyl (C=O) groups is 1. The molecule has 0 saturated heterocycles. The minimum Gasteiger partial charge on any atom is -0.480 e. The molecular formula is C11H13N3O5S. The number of carboxylic acid groups (broad SMARTS) is 1. The number of fused-ring (bicyclic) bond motifs is 1. The van der Waals surface area contributed by atoms with Crippen molar-refractivity contribution >= 4 is 27.0 Å². The van der Waals surface area contributed by atoms with Crippen molar-refractivity contribution in [3.63, 3.8) is 0 Å². The van der Waals surface area contributed by atoms with Crippen molar-refractivity contribution in [3.05, 3.63) is 28.7 Å². The van der Waals surface area contributed by atoms with Gasteiger partial charge >= 0.3 is 11.7 Å². The number of hydrogen-bond donors (Lipinski definition) is 4. The number of sulfonamides is 1. The molecule has 0 bridgehead atoms. The van der Waals surface area contributed by atoms with Crippen LogP contribution in [0.4, 0.5) is 0 Å². The van der Waals surface area contributed by atoms with E-state index in [1.54, 1.807) is 6.92 Å². The van der Waals surface area contributed by atoms with Gasteiger partial charge in [-0.05, 0) is 24.6 Å². The number of aromatic amines is 2. The maximum atomic E-state index is 12.1. The van der Waals surface area contributed by atoms with Gasteiger partial charge in [0.1, 0.15) is 6.04 Å². The molecule has 1 atom stereocenters. The Kier molecular flexibility index (Phi) is 3.64. The molecule has 0 fully saturated rings. The second kappa shape index (κ2) is 5.10. The van der Waals surface area contributed by atoms with E-state index in [1.165, 1.54) is 18.2 Å². The van der Waals surface area contributed by atoms with Crippen LogP contribution < -0.4 is 10.4 Å². The average molecular weight is 299 g/mol. The summed E-state index contributed by atoms with van der Waals surface area (Å²) in [6, 6.07) is 2.80. The number of hydrogen-bond acceptors (Lipinski definition) is 4. The second-order valence-corrected chi connectivity index (χ2v) is 5.92. The van der Waals surface area contributed by atoms with E-state index in [4.69, 9.17) is 5.11 Å². The number of aliphatic carboxylic acids is 1. The van der Waals surface area contributed by atoms with Gasteiger partial charge in [-0.1, -0.05) is 6.92 Å². The lowest BCUT2D eigenvalue weighted by atomic mass is 10.2. The third-order valence-electron chi connectivity index (χ3n) is 2.80. The van der Waals surface area contributed by atoms with Crippen LogP contribution in [0.15, 0.2) is 27.9 Å². The standard InChI is InChI=1S/C11H13N3O5S/c1-2-7(10(15)16)14-20(18,19)6-3-4-8-9(5-6)13-11(17)12-8/h3-5,7,14H,2H2,1H3,(H,15,16)(H2,12,13,17). The summed E-state index contributed by atoms with van der Waals surface area (Å²) in [5.74, 6) is -1.24. The lowest BCUT2D eigenvalue weighted by molar-refractivity contribution is -0.139. The second-order valence-electron chi connectivity index (χ2n) is 4.21. The van der Waals surface area contributed by atoms with Crippen LogP contribution in [-0.2, 0) is 14.8 Å². The fourth-order valence-corrected chi connectivity index (χ4v) is 3.04. The molecule has 2 aromatic rings. The normalized spacial score (nSPS) is 13.4. The Hall–Kier alpha value is -2.13. The molecule has 2 rings (SSSR count). The first-order chi connectivity index (χ1) is 9.33.